The molecular formula is C9H19O2. The fourth-order valence-corrected chi connectivity index (χ4v) is 0.967. The fraction of sp³-hybridized carbons (Fsp3) is 0.889. The van der Waals surface area contributed by atoms with Crippen molar-refractivity contribution in [1.29, 1.82) is 0 Å². The van der Waals surface area contributed by atoms with Crippen molar-refractivity contribution < 1.29 is 9.47 Å². The molecule has 0 aliphatic heterocycles. The molecule has 0 amide bonds. The lowest BCUT2D eigenvalue weighted by Crippen LogP contribution is -2.13. The van der Waals surface area contributed by atoms with E-state index in [1.165, 1.54) is 0 Å². The second-order valence-corrected chi connectivity index (χ2v) is 2.49. The summed E-state index contributed by atoms with van der Waals surface area (Å²) in [5, 5.41) is 0. The van der Waals surface area contributed by atoms with Crippen molar-refractivity contribution >= 4 is 0 Å². The Morgan fingerprint density at radius 3 is 2.55 bits per heavy atom. The van der Waals surface area contributed by atoms with E-state index in [4.69, 9.17) is 9.47 Å². The van der Waals surface area contributed by atoms with Crippen molar-refractivity contribution in [3.63, 3.8) is 0 Å². The Bertz CT molecular complexity index is 74.0. The molecule has 0 aromatic carbocycles. The van der Waals surface area contributed by atoms with Crippen LogP contribution in [0, 0.1) is 6.92 Å². The maximum atomic E-state index is 5.22. The highest BCUT2D eigenvalue weighted by molar-refractivity contribution is 4.57. The number of hydrogen-bond donors (Lipinski definition) is 0. The summed E-state index contributed by atoms with van der Waals surface area (Å²) in [6.07, 6.45) is 3.28. The van der Waals surface area contributed by atoms with Crippen molar-refractivity contribution in [3.05, 3.63) is 6.92 Å². The van der Waals surface area contributed by atoms with Crippen molar-refractivity contribution in [2.45, 2.75) is 32.3 Å². The summed E-state index contributed by atoms with van der Waals surface area (Å²) in [4.78, 5) is 0. The van der Waals surface area contributed by atoms with E-state index in [1.54, 1.807) is 7.11 Å². The van der Waals surface area contributed by atoms with Crippen LogP contribution in [-0.4, -0.2) is 26.4 Å². The van der Waals surface area contributed by atoms with Crippen LogP contribution in [0.1, 0.15) is 26.2 Å². The predicted molar refractivity (Wildman–Crippen MR) is 46.5 cm³/mol. The van der Waals surface area contributed by atoms with Crippen LogP contribution in [0.3, 0.4) is 0 Å². The van der Waals surface area contributed by atoms with E-state index in [9.17, 15) is 0 Å². The van der Waals surface area contributed by atoms with Crippen LogP contribution in [0.15, 0.2) is 0 Å². The van der Waals surface area contributed by atoms with Gasteiger partial charge in [0.25, 0.3) is 0 Å². The Morgan fingerprint density at radius 1 is 1.36 bits per heavy atom. The van der Waals surface area contributed by atoms with Gasteiger partial charge in [0, 0.05) is 20.3 Å². The molecule has 0 saturated carbocycles. The predicted octanol–water partition coefficient (Wildman–Crippen LogP) is 2.04. The molecule has 0 fully saturated rings. The Balaban J connectivity index is 3.20. The highest BCUT2D eigenvalue weighted by atomic mass is 16.5. The Morgan fingerprint density at radius 2 is 2.09 bits per heavy atom. The number of hydrogen-bond acceptors (Lipinski definition) is 2. The molecule has 0 spiro atoms. The van der Waals surface area contributed by atoms with Crippen molar-refractivity contribution in [1.82, 2.24) is 0 Å². The van der Waals surface area contributed by atoms with Crippen molar-refractivity contribution in [3.8, 4) is 0 Å². The van der Waals surface area contributed by atoms with Gasteiger partial charge in [0.2, 0.25) is 0 Å². The number of methoxy groups -OCH3 is 1. The summed E-state index contributed by atoms with van der Waals surface area (Å²) in [6.45, 7) is 7.38. The molecule has 11 heavy (non-hydrogen) atoms. The first-order valence-corrected chi connectivity index (χ1v) is 4.24. The van der Waals surface area contributed by atoms with Crippen molar-refractivity contribution in [2.24, 2.45) is 0 Å². The van der Waals surface area contributed by atoms with E-state index in [0.29, 0.717) is 6.10 Å². The zero-order chi connectivity index (χ0) is 8.53. The van der Waals surface area contributed by atoms with Crippen LogP contribution in [0.4, 0.5) is 0 Å². The van der Waals surface area contributed by atoms with Gasteiger partial charge in [-0.15, -0.1) is 0 Å². The molecule has 1 atom stereocenters. The van der Waals surface area contributed by atoms with Crippen molar-refractivity contribution in [2.75, 3.05) is 20.3 Å². The topological polar surface area (TPSA) is 18.5 Å². The normalized spacial score (nSPS) is 13.4. The van der Waals surface area contributed by atoms with Gasteiger partial charge in [0.05, 0.1) is 6.10 Å². The molecule has 0 N–H and O–H groups in total. The molecule has 0 rings (SSSR count). The molecule has 67 valence electrons. The third-order valence-electron chi connectivity index (χ3n) is 1.65. The van der Waals surface area contributed by atoms with Crippen LogP contribution >= 0.6 is 0 Å². The summed E-state index contributed by atoms with van der Waals surface area (Å²) in [5.41, 5.74) is 0. The lowest BCUT2D eigenvalue weighted by atomic mass is 10.1. The average molecular weight is 159 g/mol. The Hall–Kier alpha value is -0.0800. The van der Waals surface area contributed by atoms with Crippen LogP contribution in [0.25, 0.3) is 0 Å². The first-order chi connectivity index (χ1) is 5.35. The fourth-order valence-electron chi connectivity index (χ4n) is 0.967. The standard InChI is InChI=1S/C9H19O2/c1-4-6-9(10-3)7-8-11-5-2/h9H,1,4-8H2,2-3H3. The molecule has 0 aromatic heterocycles. The summed E-state index contributed by atoms with van der Waals surface area (Å²) in [5.74, 6) is 0. The van der Waals surface area contributed by atoms with E-state index in [-0.39, 0.29) is 0 Å². The molecule has 0 heterocycles. The molecule has 0 aliphatic rings. The maximum Gasteiger partial charge on any atom is 0.0593 e. The summed E-state index contributed by atoms with van der Waals surface area (Å²) >= 11 is 0. The van der Waals surface area contributed by atoms with Gasteiger partial charge in [-0.3, -0.25) is 0 Å². The smallest absolute Gasteiger partial charge is 0.0593 e. The number of ether oxygens (including phenoxy) is 2. The van der Waals surface area contributed by atoms with E-state index < -0.39 is 0 Å². The molecule has 2 heteroatoms. The number of rotatable bonds is 7. The van der Waals surface area contributed by atoms with E-state index in [1.807, 2.05) is 6.92 Å². The van der Waals surface area contributed by atoms with E-state index in [0.717, 1.165) is 32.5 Å². The summed E-state index contributed by atoms with van der Waals surface area (Å²) < 4.78 is 10.4. The monoisotopic (exact) mass is 159 g/mol. The SMILES string of the molecule is [CH2]CCC(CCOCC)OC. The molecule has 0 aromatic rings. The van der Waals surface area contributed by atoms with Crippen LogP contribution in [0.5, 0.6) is 0 Å². The van der Waals surface area contributed by atoms with Gasteiger partial charge >= 0.3 is 0 Å². The van der Waals surface area contributed by atoms with Gasteiger partial charge in [-0.25, -0.2) is 0 Å². The highest BCUT2D eigenvalue weighted by Crippen LogP contribution is 2.04. The minimum Gasteiger partial charge on any atom is -0.382 e. The Kier molecular flexibility index (Phi) is 7.96. The molecule has 2 nitrogen and oxygen atoms in total. The minimum absolute atomic E-state index is 0.332. The largest absolute Gasteiger partial charge is 0.382 e. The quantitative estimate of drug-likeness (QED) is 0.529. The second-order valence-electron chi connectivity index (χ2n) is 2.49. The molecule has 1 radical (unpaired) electrons. The van der Waals surface area contributed by atoms with Gasteiger partial charge in [-0.2, -0.15) is 0 Å². The van der Waals surface area contributed by atoms with E-state index >= 15 is 0 Å². The summed E-state index contributed by atoms with van der Waals surface area (Å²) in [6, 6.07) is 0. The average Bonchev–Trinajstić information content (AvgIpc) is 2.03. The molecule has 1 unspecified atom stereocenters. The van der Waals surface area contributed by atoms with Gasteiger partial charge < -0.3 is 9.47 Å². The second kappa shape index (κ2) is 8.02. The Labute approximate surface area is 69.9 Å². The first kappa shape index (κ1) is 10.9. The van der Waals surface area contributed by atoms with Crippen LogP contribution in [-0.2, 0) is 9.47 Å². The van der Waals surface area contributed by atoms with Gasteiger partial charge in [-0.1, -0.05) is 13.3 Å². The molecule has 0 aliphatic carbocycles. The zero-order valence-corrected chi connectivity index (χ0v) is 7.64. The maximum absolute atomic E-state index is 5.22. The summed E-state index contributed by atoms with van der Waals surface area (Å²) in [7, 11) is 1.74. The van der Waals surface area contributed by atoms with Gasteiger partial charge in [0.15, 0.2) is 0 Å². The van der Waals surface area contributed by atoms with Crippen LogP contribution < -0.4 is 0 Å². The zero-order valence-electron chi connectivity index (χ0n) is 7.64. The molecular weight excluding hydrogens is 140 g/mol. The van der Waals surface area contributed by atoms with Crippen LogP contribution in [0.2, 0.25) is 0 Å². The van der Waals surface area contributed by atoms with E-state index in [2.05, 4.69) is 6.92 Å². The molecule has 0 saturated heterocycles. The van der Waals surface area contributed by atoms with Gasteiger partial charge in [-0.05, 0) is 19.8 Å². The first-order valence-electron chi connectivity index (χ1n) is 4.24. The molecule has 0 bridgehead atoms. The van der Waals surface area contributed by atoms with Gasteiger partial charge in [0.1, 0.15) is 0 Å². The third-order valence-corrected chi connectivity index (χ3v) is 1.65. The lowest BCUT2D eigenvalue weighted by Gasteiger charge is -2.13. The highest BCUT2D eigenvalue weighted by Gasteiger charge is 2.04. The lowest BCUT2D eigenvalue weighted by molar-refractivity contribution is 0.0511. The minimum atomic E-state index is 0.332. The third kappa shape index (κ3) is 6.32.